The van der Waals surface area contributed by atoms with E-state index in [1.807, 2.05) is 18.2 Å². The Labute approximate surface area is 113 Å². The maximum atomic E-state index is 11.6. The molecule has 2 heterocycles. The molecular weight excluding hydrogens is 242 g/mol. The van der Waals surface area contributed by atoms with Gasteiger partial charge in [-0.3, -0.25) is 9.69 Å². The van der Waals surface area contributed by atoms with Gasteiger partial charge in [0.25, 0.3) is 0 Å². The van der Waals surface area contributed by atoms with Crippen molar-refractivity contribution in [2.45, 2.75) is 31.7 Å². The maximum Gasteiger partial charge on any atom is 0.325 e. The Morgan fingerprint density at radius 3 is 2.79 bits per heavy atom. The Balaban J connectivity index is 1.89. The first-order valence-electron chi connectivity index (χ1n) is 6.98. The van der Waals surface area contributed by atoms with Crippen LogP contribution in [0.3, 0.4) is 0 Å². The number of carboxylic acid groups (broad SMARTS) is 1. The third-order valence-corrected chi connectivity index (χ3v) is 4.02. The van der Waals surface area contributed by atoms with Gasteiger partial charge < -0.3 is 9.84 Å². The van der Waals surface area contributed by atoms with Crippen LogP contribution >= 0.6 is 0 Å². The van der Waals surface area contributed by atoms with Crippen molar-refractivity contribution in [1.82, 2.24) is 4.90 Å². The normalized spacial score (nSPS) is 20.6. The summed E-state index contributed by atoms with van der Waals surface area (Å²) in [5, 5.41) is 9.55. The lowest BCUT2D eigenvalue weighted by molar-refractivity contribution is -0.144. The number of hydrogen-bond donors (Lipinski definition) is 1. The molecule has 19 heavy (non-hydrogen) atoms. The van der Waals surface area contributed by atoms with Gasteiger partial charge in [0.1, 0.15) is 11.8 Å². The zero-order chi connectivity index (χ0) is 13.2. The van der Waals surface area contributed by atoms with E-state index in [0.29, 0.717) is 6.61 Å². The summed E-state index contributed by atoms with van der Waals surface area (Å²) >= 11 is 0. The molecular formula is C15H19NO3. The van der Waals surface area contributed by atoms with Crippen LogP contribution in [-0.4, -0.2) is 35.7 Å². The van der Waals surface area contributed by atoms with Crippen molar-refractivity contribution in [2.75, 3.05) is 19.7 Å². The van der Waals surface area contributed by atoms with Crippen molar-refractivity contribution in [3.8, 4) is 5.75 Å². The van der Waals surface area contributed by atoms with Gasteiger partial charge in [-0.25, -0.2) is 0 Å². The number of piperidine rings is 1. The lowest BCUT2D eigenvalue weighted by atomic mass is 9.99. The molecule has 1 aromatic carbocycles. The molecule has 1 fully saturated rings. The molecule has 4 heteroatoms. The summed E-state index contributed by atoms with van der Waals surface area (Å²) in [6, 6.07) is 5.32. The van der Waals surface area contributed by atoms with Crippen LogP contribution < -0.4 is 4.74 Å². The molecule has 1 saturated heterocycles. The van der Waals surface area contributed by atoms with Crippen molar-refractivity contribution in [3.05, 3.63) is 29.3 Å². The van der Waals surface area contributed by atoms with Crippen LogP contribution in [-0.2, 0) is 11.2 Å². The first-order valence-corrected chi connectivity index (χ1v) is 6.98. The lowest BCUT2D eigenvalue weighted by Crippen LogP contribution is -2.37. The highest BCUT2D eigenvalue weighted by molar-refractivity contribution is 5.76. The zero-order valence-electron chi connectivity index (χ0n) is 11.0. The molecule has 0 aromatic heterocycles. The number of benzene rings is 1. The third-order valence-electron chi connectivity index (χ3n) is 4.02. The van der Waals surface area contributed by atoms with Crippen molar-refractivity contribution >= 4 is 5.97 Å². The molecule has 1 aromatic rings. The number of ether oxygens (including phenoxy) is 1. The minimum Gasteiger partial charge on any atom is -0.493 e. The molecule has 0 radical (unpaired) electrons. The summed E-state index contributed by atoms with van der Waals surface area (Å²) in [6.45, 7) is 2.47. The van der Waals surface area contributed by atoms with E-state index in [1.165, 1.54) is 6.42 Å². The molecule has 0 saturated carbocycles. The first-order chi connectivity index (χ1) is 9.25. The van der Waals surface area contributed by atoms with Gasteiger partial charge in [0, 0.05) is 6.42 Å². The Bertz CT molecular complexity index is 480. The molecule has 1 unspecified atom stereocenters. The molecule has 1 N–H and O–H groups in total. The number of carboxylic acids is 1. The largest absolute Gasteiger partial charge is 0.493 e. The molecule has 2 aliphatic heterocycles. The highest BCUT2D eigenvalue weighted by atomic mass is 16.5. The summed E-state index contributed by atoms with van der Waals surface area (Å²) in [5.41, 5.74) is 2.03. The Kier molecular flexibility index (Phi) is 3.42. The van der Waals surface area contributed by atoms with Crippen molar-refractivity contribution in [3.63, 3.8) is 0 Å². The molecule has 1 atom stereocenters. The van der Waals surface area contributed by atoms with Gasteiger partial charge in [-0.2, -0.15) is 0 Å². The number of rotatable bonds is 3. The number of hydrogen-bond acceptors (Lipinski definition) is 3. The molecule has 0 amide bonds. The van der Waals surface area contributed by atoms with E-state index in [-0.39, 0.29) is 0 Å². The van der Waals surface area contributed by atoms with E-state index in [0.717, 1.165) is 49.2 Å². The second-order valence-electron chi connectivity index (χ2n) is 5.30. The average Bonchev–Trinajstić information content (AvgIpc) is 2.87. The van der Waals surface area contributed by atoms with Crippen LogP contribution in [0.2, 0.25) is 0 Å². The van der Waals surface area contributed by atoms with Crippen molar-refractivity contribution in [1.29, 1.82) is 0 Å². The third kappa shape index (κ3) is 2.45. The van der Waals surface area contributed by atoms with E-state index < -0.39 is 12.0 Å². The summed E-state index contributed by atoms with van der Waals surface area (Å²) in [7, 11) is 0. The fraction of sp³-hybridized carbons (Fsp3) is 0.533. The summed E-state index contributed by atoms with van der Waals surface area (Å²) in [4.78, 5) is 13.7. The minimum absolute atomic E-state index is 0.508. The van der Waals surface area contributed by atoms with Gasteiger partial charge >= 0.3 is 5.97 Å². The molecule has 0 spiro atoms. The molecule has 2 aliphatic rings. The number of likely N-dealkylation sites (tertiary alicyclic amines) is 1. The van der Waals surface area contributed by atoms with E-state index in [9.17, 15) is 9.90 Å². The SMILES string of the molecule is O=C(O)C(c1ccc2c(c1)CCO2)N1CCCCC1. The zero-order valence-corrected chi connectivity index (χ0v) is 11.0. The van der Waals surface area contributed by atoms with Gasteiger partial charge in [-0.15, -0.1) is 0 Å². The average molecular weight is 261 g/mol. The molecule has 102 valence electrons. The molecule has 0 bridgehead atoms. The predicted molar refractivity (Wildman–Crippen MR) is 71.4 cm³/mol. The molecule has 4 nitrogen and oxygen atoms in total. The van der Waals surface area contributed by atoms with Crippen LogP contribution in [0.5, 0.6) is 5.75 Å². The van der Waals surface area contributed by atoms with E-state index in [4.69, 9.17) is 4.74 Å². The Morgan fingerprint density at radius 2 is 2.05 bits per heavy atom. The quantitative estimate of drug-likeness (QED) is 0.906. The molecule has 0 aliphatic carbocycles. The van der Waals surface area contributed by atoms with Crippen LogP contribution in [0.1, 0.15) is 36.4 Å². The standard InChI is InChI=1S/C15H19NO3/c17-15(18)14(16-7-2-1-3-8-16)12-4-5-13-11(10-12)6-9-19-13/h4-5,10,14H,1-3,6-9H2,(H,17,18). The fourth-order valence-electron chi connectivity index (χ4n) is 3.06. The van der Waals surface area contributed by atoms with Crippen LogP contribution in [0, 0.1) is 0 Å². The van der Waals surface area contributed by atoms with Crippen LogP contribution in [0.15, 0.2) is 18.2 Å². The molecule has 3 rings (SSSR count). The smallest absolute Gasteiger partial charge is 0.325 e. The van der Waals surface area contributed by atoms with Gasteiger partial charge in [0.2, 0.25) is 0 Å². The Hall–Kier alpha value is -1.55. The van der Waals surface area contributed by atoms with E-state index >= 15 is 0 Å². The second-order valence-corrected chi connectivity index (χ2v) is 5.30. The monoisotopic (exact) mass is 261 g/mol. The summed E-state index contributed by atoms with van der Waals surface area (Å²) < 4.78 is 5.48. The highest BCUT2D eigenvalue weighted by Crippen LogP contribution is 2.31. The van der Waals surface area contributed by atoms with E-state index in [1.54, 1.807) is 0 Å². The summed E-state index contributed by atoms with van der Waals surface area (Å²) in [5.74, 6) is 0.160. The number of aliphatic carboxylic acids is 1. The van der Waals surface area contributed by atoms with Crippen LogP contribution in [0.4, 0.5) is 0 Å². The number of nitrogens with zero attached hydrogens (tertiary/aromatic N) is 1. The van der Waals surface area contributed by atoms with Gasteiger partial charge in [-0.05, 0) is 49.2 Å². The van der Waals surface area contributed by atoms with Crippen molar-refractivity contribution in [2.24, 2.45) is 0 Å². The fourth-order valence-corrected chi connectivity index (χ4v) is 3.06. The van der Waals surface area contributed by atoms with Gasteiger partial charge in [-0.1, -0.05) is 12.5 Å². The maximum absolute atomic E-state index is 11.6. The topological polar surface area (TPSA) is 49.8 Å². The number of carbonyl (C=O) groups is 1. The van der Waals surface area contributed by atoms with Gasteiger partial charge in [0.05, 0.1) is 6.61 Å². The van der Waals surface area contributed by atoms with Gasteiger partial charge in [0.15, 0.2) is 0 Å². The van der Waals surface area contributed by atoms with Crippen molar-refractivity contribution < 1.29 is 14.6 Å². The minimum atomic E-state index is -0.749. The van der Waals surface area contributed by atoms with E-state index in [2.05, 4.69) is 4.90 Å². The second kappa shape index (κ2) is 5.21. The summed E-state index contributed by atoms with van der Waals surface area (Å²) in [6.07, 6.45) is 4.28. The number of fused-ring (bicyclic) bond motifs is 1. The first kappa shape index (κ1) is 12.5. The van der Waals surface area contributed by atoms with Crippen LogP contribution in [0.25, 0.3) is 0 Å². The highest BCUT2D eigenvalue weighted by Gasteiger charge is 2.29. The Morgan fingerprint density at radius 1 is 1.26 bits per heavy atom. The predicted octanol–water partition coefficient (Wildman–Crippen LogP) is 2.23. The lowest BCUT2D eigenvalue weighted by Gasteiger charge is -2.32.